The number of allylic oxidation sites excluding steroid dienone is 2. The zero-order valence-electron chi connectivity index (χ0n) is 34.5. The third-order valence-electron chi connectivity index (χ3n) is 9.29. The second-order valence-corrected chi connectivity index (χ2v) is 17.1. The molecular weight excluding hydrogens is 677 g/mol. The number of carbonyl (C=O) groups is 2. The normalized spacial score (nSPS) is 13.7. The minimum Gasteiger partial charge on any atom is -0.756 e. The average Bonchev–Trinajstić information content (AvgIpc) is 3.09. The van der Waals surface area contributed by atoms with Crippen LogP contribution >= 0.6 is 7.82 Å². The third kappa shape index (κ3) is 38.5. The lowest BCUT2D eigenvalue weighted by Gasteiger charge is -2.28. The number of esters is 2. The quantitative estimate of drug-likeness (QED) is 0.0200. The predicted octanol–water partition coefficient (Wildman–Crippen LogP) is 11.2. The Balaban J connectivity index is 4.33. The van der Waals surface area contributed by atoms with Crippen LogP contribution in [0.2, 0.25) is 0 Å². The summed E-state index contributed by atoms with van der Waals surface area (Å²) in [5.74, 6) is -0.838. The van der Waals surface area contributed by atoms with Crippen LogP contribution < -0.4 is 4.89 Å². The van der Waals surface area contributed by atoms with Gasteiger partial charge < -0.3 is 27.9 Å². The molecule has 308 valence electrons. The Morgan fingerprint density at radius 3 is 1.48 bits per heavy atom. The number of phosphoric acid groups is 1. The maximum atomic E-state index is 12.6. The highest BCUT2D eigenvalue weighted by atomic mass is 31.2. The number of hydrogen-bond donors (Lipinski definition) is 0. The van der Waals surface area contributed by atoms with Crippen molar-refractivity contribution in [2.75, 3.05) is 47.5 Å². The molecule has 0 rings (SSSR count). The van der Waals surface area contributed by atoms with Crippen LogP contribution in [0.25, 0.3) is 0 Å². The van der Waals surface area contributed by atoms with Crippen LogP contribution in [-0.2, 0) is 32.7 Å². The highest BCUT2D eigenvalue weighted by molar-refractivity contribution is 7.45. The van der Waals surface area contributed by atoms with E-state index in [1.165, 1.54) is 103 Å². The first-order chi connectivity index (χ1) is 25.0. The second-order valence-electron chi connectivity index (χ2n) is 15.7. The van der Waals surface area contributed by atoms with E-state index in [1.54, 1.807) is 0 Å². The molecule has 0 aliphatic rings. The Kier molecular flexibility index (Phi) is 34.6. The lowest BCUT2D eigenvalue weighted by atomic mass is 10.0. The summed E-state index contributed by atoms with van der Waals surface area (Å²) >= 11 is 0. The minimum atomic E-state index is -4.62. The summed E-state index contributed by atoms with van der Waals surface area (Å²) in [4.78, 5) is 37.4. The molecule has 0 bridgehead atoms. The summed E-state index contributed by atoms with van der Waals surface area (Å²) in [6, 6.07) is 0. The molecule has 0 aliphatic heterocycles. The second kappa shape index (κ2) is 35.5. The molecule has 0 aromatic rings. The SMILES string of the molecule is CCCC/C=C/CCCCCCCC(=O)OC[C@H](COP(=O)([O-])OCC[N+](C)(C)C)OC(=O)CCCCCCCCCCCCCCCCCCC. The molecule has 0 saturated heterocycles. The minimum absolute atomic E-state index is 0.0291. The molecule has 0 saturated carbocycles. The van der Waals surface area contributed by atoms with E-state index in [2.05, 4.69) is 26.0 Å². The van der Waals surface area contributed by atoms with Crippen molar-refractivity contribution < 1.29 is 42.1 Å². The molecule has 0 aromatic carbocycles. The number of ether oxygens (including phenoxy) is 2. The fraction of sp³-hybridized carbons (Fsp3) is 0.905. The van der Waals surface area contributed by atoms with Crippen LogP contribution in [0.3, 0.4) is 0 Å². The molecule has 0 aromatic heterocycles. The first kappa shape index (κ1) is 50.8. The molecule has 0 heterocycles. The molecule has 2 atom stereocenters. The zero-order valence-corrected chi connectivity index (χ0v) is 35.4. The van der Waals surface area contributed by atoms with Crippen LogP contribution in [0.4, 0.5) is 0 Å². The van der Waals surface area contributed by atoms with E-state index in [4.69, 9.17) is 18.5 Å². The van der Waals surface area contributed by atoms with Crippen LogP contribution in [0.15, 0.2) is 12.2 Å². The van der Waals surface area contributed by atoms with Gasteiger partial charge in [-0.1, -0.05) is 161 Å². The van der Waals surface area contributed by atoms with E-state index in [0.29, 0.717) is 17.4 Å². The van der Waals surface area contributed by atoms with Gasteiger partial charge in [0, 0.05) is 12.8 Å². The maximum absolute atomic E-state index is 12.6. The maximum Gasteiger partial charge on any atom is 0.306 e. The number of carbonyl (C=O) groups excluding carboxylic acids is 2. The van der Waals surface area contributed by atoms with Crippen molar-refractivity contribution in [2.24, 2.45) is 0 Å². The highest BCUT2D eigenvalue weighted by Crippen LogP contribution is 2.38. The van der Waals surface area contributed by atoms with E-state index in [-0.39, 0.29) is 26.1 Å². The van der Waals surface area contributed by atoms with Gasteiger partial charge in [0.25, 0.3) is 7.82 Å². The third-order valence-corrected chi connectivity index (χ3v) is 10.2. The number of phosphoric ester groups is 1. The van der Waals surface area contributed by atoms with Crippen molar-refractivity contribution in [3.63, 3.8) is 0 Å². The van der Waals surface area contributed by atoms with Crippen molar-refractivity contribution in [1.29, 1.82) is 0 Å². The largest absolute Gasteiger partial charge is 0.756 e. The van der Waals surface area contributed by atoms with Crippen molar-refractivity contribution >= 4 is 19.8 Å². The van der Waals surface area contributed by atoms with Gasteiger partial charge in [0.05, 0.1) is 27.7 Å². The number of rotatable bonds is 39. The summed E-state index contributed by atoms with van der Waals surface area (Å²) in [5, 5.41) is 0. The van der Waals surface area contributed by atoms with Gasteiger partial charge in [-0.25, -0.2) is 0 Å². The molecule has 10 heteroatoms. The monoisotopic (exact) mass is 760 g/mol. The molecule has 1 unspecified atom stereocenters. The number of quaternary nitrogens is 1. The number of likely N-dealkylation sites (N-methyl/N-ethyl adjacent to an activating group) is 1. The summed E-state index contributed by atoms with van der Waals surface area (Å²) < 4.78 is 33.8. The van der Waals surface area contributed by atoms with Gasteiger partial charge in [0.1, 0.15) is 19.8 Å². The molecular formula is C42H82NO8P. The van der Waals surface area contributed by atoms with Gasteiger partial charge in [-0.15, -0.1) is 0 Å². The summed E-state index contributed by atoms with van der Waals surface area (Å²) in [5.41, 5.74) is 0. The predicted molar refractivity (Wildman–Crippen MR) is 213 cm³/mol. The first-order valence-corrected chi connectivity index (χ1v) is 22.9. The molecule has 9 nitrogen and oxygen atoms in total. The van der Waals surface area contributed by atoms with E-state index < -0.39 is 32.5 Å². The van der Waals surface area contributed by atoms with Crippen molar-refractivity contribution in [1.82, 2.24) is 0 Å². The fourth-order valence-electron chi connectivity index (χ4n) is 5.87. The van der Waals surface area contributed by atoms with Crippen molar-refractivity contribution in [3.8, 4) is 0 Å². The molecule has 0 amide bonds. The standard InChI is InChI=1S/C42H82NO8P/c1-6-8-10-12-14-16-18-19-20-21-22-23-25-27-29-31-33-35-42(45)51-40(39-50-52(46,47)49-37-36-43(3,4)5)38-48-41(44)34-32-30-28-26-24-17-15-13-11-9-7-2/h13,15,40H,6-12,14,16-39H2,1-5H3/b15-13+/t40-/m1/s1. The lowest BCUT2D eigenvalue weighted by molar-refractivity contribution is -0.870. The first-order valence-electron chi connectivity index (χ1n) is 21.4. The Morgan fingerprint density at radius 1 is 0.577 bits per heavy atom. The van der Waals surface area contributed by atoms with E-state index >= 15 is 0 Å². The lowest BCUT2D eigenvalue weighted by Crippen LogP contribution is -2.37. The number of unbranched alkanes of at least 4 members (excludes halogenated alkanes) is 23. The van der Waals surface area contributed by atoms with Crippen LogP contribution in [0, 0.1) is 0 Å². The Bertz CT molecular complexity index is 907. The van der Waals surface area contributed by atoms with E-state index in [9.17, 15) is 19.0 Å². The van der Waals surface area contributed by atoms with Gasteiger partial charge >= 0.3 is 11.9 Å². The van der Waals surface area contributed by atoms with Gasteiger partial charge in [-0.3, -0.25) is 14.2 Å². The summed E-state index contributed by atoms with van der Waals surface area (Å²) in [7, 11) is 1.17. The van der Waals surface area contributed by atoms with E-state index in [1.807, 2.05) is 21.1 Å². The van der Waals surface area contributed by atoms with Crippen LogP contribution in [0.1, 0.15) is 194 Å². The molecule has 0 aliphatic carbocycles. The van der Waals surface area contributed by atoms with Gasteiger partial charge in [-0.05, 0) is 32.1 Å². The number of hydrogen-bond acceptors (Lipinski definition) is 8. The van der Waals surface area contributed by atoms with Gasteiger partial charge in [0.15, 0.2) is 6.10 Å². The number of nitrogens with zero attached hydrogens (tertiary/aromatic N) is 1. The van der Waals surface area contributed by atoms with Crippen LogP contribution in [-0.4, -0.2) is 70.0 Å². The molecule has 52 heavy (non-hydrogen) atoms. The van der Waals surface area contributed by atoms with Gasteiger partial charge in [0.2, 0.25) is 0 Å². The molecule has 0 spiro atoms. The van der Waals surface area contributed by atoms with Crippen molar-refractivity contribution in [3.05, 3.63) is 12.2 Å². The fourth-order valence-corrected chi connectivity index (χ4v) is 6.60. The van der Waals surface area contributed by atoms with Crippen LogP contribution in [0.5, 0.6) is 0 Å². The highest BCUT2D eigenvalue weighted by Gasteiger charge is 2.21. The Labute approximate surface area is 320 Å². The zero-order chi connectivity index (χ0) is 38.6. The average molecular weight is 760 g/mol. The van der Waals surface area contributed by atoms with Crippen molar-refractivity contribution in [2.45, 2.75) is 200 Å². The molecule has 0 N–H and O–H groups in total. The summed E-state index contributed by atoms with van der Waals surface area (Å²) in [6.45, 7) is 4.19. The van der Waals surface area contributed by atoms with Gasteiger partial charge in [-0.2, -0.15) is 0 Å². The topological polar surface area (TPSA) is 111 Å². The smallest absolute Gasteiger partial charge is 0.306 e. The van der Waals surface area contributed by atoms with E-state index in [0.717, 1.165) is 57.8 Å². The molecule has 0 fully saturated rings. The Morgan fingerprint density at radius 2 is 1.00 bits per heavy atom. The summed E-state index contributed by atoms with van der Waals surface area (Å²) in [6.07, 6.45) is 35.2. The molecule has 0 radical (unpaired) electrons. The Hall–Kier alpha value is -1.25.